The summed E-state index contributed by atoms with van der Waals surface area (Å²) in [6.07, 6.45) is 86.8. The van der Waals surface area contributed by atoms with Crippen molar-refractivity contribution in [3.8, 4) is 0 Å². The van der Waals surface area contributed by atoms with Crippen LogP contribution in [0.5, 0.6) is 0 Å². The molecule has 0 spiro atoms. The van der Waals surface area contributed by atoms with Crippen LogP contribution in [0.25, 0.3) is 0 Å². The topological polar surface area (TPSA) is 95.9 Å². The monoisotopic (exact) mass is 1110 g/mol. The van der Waals surface area contributed by atoms with Gasteiger partial charge in [-0.1, -0.05) is 359 Å². The SMILES string of the molecule is CCCCCCCC/C=C\CCCCCCCCCCCC(=O)OCCCCCCCCCCCCCCCCCCCCC(=O)NC(CO)C(O)/C=C/CCCCCCCCCCCCCCCCCCCCCCCCC. The van der Waals surface area contributed by atoms with Gasteiger partial charge in [0.05, 0.1) is 25.4 Å². The molecule has 0 bridgehead atoms. The predicted molar refractivity (Wildman–Crippen MR) is 347 cm³/mol. The lowest BCUT2D eigenvalue weighted by molar-refractivity contribution is -0.143. The second-order valence-corrected chi connectivity index (χ2v) is 24.9. The highest BCUT2D eigenvalue weighted by atomic mass is 16.5. The first kappa shape index (κ1) is 77.3. The van der Waals surface area contributed by atoms with Gasteiger partial charge in [0.2, 0.25) is 5.91 Å². The molecule has 6 heteroatoms. The Balaban J connectivity index is 3.42. The van der Waals surface area contributed by atoms with Crippen LogP contribution in [0.15, 0.2) is 24.3 Å². The molecule has 0 aliphatic heterocycles. The van der Waals surface area contributed by atoms with E-state index in [0.29, 0.717) is 19.4 Å². The van der Waals surface area contributed by atoms with E-state index in [1.54, 1.807) is 6.08 Å². The minimum atomic E-state index is -0.849. The number of esters is 1. The fourth-order valence-electron chi connectivity index (χ4n) is 11.5. The molecule has 0 fully saturated rings. The molecule has 0 aromatic heterocycles. The molecule has 0 aliphatic rings. The summed E-state index contributed by atoms with van der Waals surface area (Å²) in [5.41, 5.74) is 0. The number of nitrogens with one attached hydrogen (secondary N) is 1. The Hall–Kier alpha value is -1.66. The molecule has 2 atom stereocenters. The Morgan fingerprint density at radius 2 is 0.595 bits per heavy atom. The van der Waals surface area contributed by atoms with Gasteiger partial charge in [-0.25, -0.2) is 0 Å². The summed E-state index contributed by atoms with van der Waals surface area (Å²) in [5.74, 6) is -0.0599. The molecule has 0 aromatic rings. The number of rotatable bonds is 68. The molecule has 468 valence electrons. The van der Waals surface area contributed by atoms with Crippen LogP contribution in [0, 0.1) is 0 Å². The number of aliphatic hydroxyl groups excluding tert-OH is 2. The molecule has 0 saturated heterocycles. The van der Waals surface area contributed by atoms with Crippen LogP contribution in [-0.4, -0.2) is 47.4 Å². The van der Waals surface area contributed by atoms with Crippen LogP contribution in [0.3, 0.4) is 0 Å². The zero-order valence-electron chi connectivity index (χ0n) is 53.6. The van der Waals surface area contributed by atoms with Crippen LogP contribution in [0.1, 0.15) is 406 Å². The summed E-state index contributed by atoms with van der Waals surface area (Å²) < 4.78 is 5.51. The van der Waals surface area contributed by atoms with Crippen LogP contribution < -0.4 is 5.32 Å². The van der Waals surface area contributed by atoms with Gasteiger partial charge in [0, 0.05) is 12.8 Å². The summed E-state index contributed by atoms with van der Waals surface area (Å²) in [5, 5.41) is 23.3. The predicted octanol–water partition coefficient (Wildman–Crippen LogP) is 23.3. The molecule has 79 heavy (non-hydrogen) atoms. The average Bonchev–Trinajstić information content (AvgIpc) is 3.45. The number of unbranched alkanes of at least 4 members (excludes halogenated alkanes) is 55. The lowest BCUT2D eigenvalue weighted by atomic mass is 10.0. The zero-order chi connectivity index (χ0) is 57.1. The standard InChI is InChI=1S/C73H141NO5/c1-3-5-7-9-11-13-15-17-19-21-23-24-25-26-27-28-30-33-37-41-45-49-53-57-61-65-71(76)70(69-75)74-72(77)66-62-58-54-50-46-42-38-34-31-32-36-40-44-48-52-56-60-64-68-79-73(78)67-63-59-55-51-47-43-39-35-29-22-20-18-16-14-12-10-8-6-4-2/h18,20,61,65,70-71,75-76H,3-17,19,21-60,62-64,66-69H2,1-2H3,(H,74,77)/b20-18-,65-61+. The first-order valence-electron chi connectivity index (χ1n) is 36.1. The van der Waals surface area contributed by atoms with Crippen LogP contribution in [0.2, 0.25) is 0 Å². The van der Waals surface area contributed by atoms with Crippen molar-refractivity contribution in [3.05, 3.63) is 24.3 Å². The van der Waals surface area contributed by atoms with Gasteiger partial charge in [-0.3, -0.25) is 9.59 Å². The number of hydrogen-bond donors (Lipinski definition) is 3. The minimum absolute atomic E-state index is 0.00731. The van der Waals surface area contributed by atoms with E-state index < -0.39 is 12.1 Å². The molecule has 1 amide bonds. The van der Waals surface area contributed by atoms with Crippen LogP contribution in [0.4, 0.5) is 0 Å². The first-order chi connectivity index (χ1) is 39.0. The first-order valence-corrected chi connectivity index (χ1v) is 36.1. The van der Waals surface area contributed by atoms with E-state index in [9.17, 15) is 19.8 Å². The number of hydrogen-bond acceptors (Lipinski definition) is 5. The highest BCUT2D eigenvalue weighted by molar-refractivity contribution is 5.76. The van der Waals surface area contributed by atoms with Crippen molar-refractivity contribution in [2.75, 3.05) is 13.2 Å². The largest absolute Gasteiger partial charge is 0.466 e. The molecule has 0 heterocycles. The normalized spacial score (nSPS) is 12.6. The fraction of sp³-hybridized carbons (Fsp3) is 0.918. The van der Waals surface area contributed by atoms with Gasteiger partial charge in [-0.2, -0.15) is 0 Å². The maximum atomic E-state index is 12.5. The molecule has 0 aromatic carbocycles. The Kier molecular flexibility index (Phi) is 67.4. The van der Waals surface area contributed by atoms with E-state index in [0.717, 1.165) is 44.9 Å². The summed E-state index contributed by atoms with van der Waals surface area (Å²) >= 11 is 0. The quantitative estimate of drug-likeness (QED) is 0.0320. The van der Waals surface area contributed by atoms with Crippen molar-refractivity contribution in [2.45, 2.75) is 418 Å². The molecule has 0 radical (unpaired) electrons. The van der Waals surface area contributed by atoms with Gasteiger partial charge in [0.1, 0.15) is 0 Å². The van der Waals surface area contributed by atoms with E-state index in [1.807, 2.05) is 6.08 Å². The van der Waals surface area contributed by atoms with Crippen LogP contribution in [-0.2, 0) is 14.3 Å². The minimum Gasteiger partial charge on any atom is -0.466 e. The third kappa shape index (κ3) is 65.4. The van der Waals surface area contributed by atoms with E-state index in [4.69, 9.17) is 4.74 Å². The Morgan fingerprint density at radius 3 is 0.899 bits per heavy atom. The second kappa shape index (κ2) is 68.8. The van der Waals surface area contributed by atoms with Crippen molar-refractivity contribution < 1.29 is 24.5 Å². The lowest BCUT2D eigenvalue weighted by Crippen LogP contribution is -2.45. The van der Waals surface area contributed by atoms with Crippen LogP contribution >= 0.6 is 0 Å². The van der Waals surface area contributed by atoms with Gasteiger partial charge in [0.25, 0.3) is 0 Å². The number of aliphatic hydroxyl groups is 2. The second-order valence-electron chi connectivity index (χ2n) is 24.9. The van der Waals surface area contributed by atoms with Crippen molar-refractivity contribution in [1.82, 2.24) is 5.32 Å². The summed E-state index contributed by atoms with van der Waals surface area (Å²) in [6.45, 7) is 4.93. The van der Waals surface area contributed by atoms with E-state index in [-0.39, 0.29) is 18.5 Å². The summed E-state index contributed by atoms with van der Waals surface area (Å²) in [7, 11) is 0. The molecule has 6 nitrogen and oxygen atoms in total. The van der Waals surface area contributed by atoms with Gasteiger partial charge >= 0.3 is 5.97 Å². The van der Waals surface area contributed by atoms with Gasteiger partial charge < -0.3 is 20.3 Å². The Bertz CT molecular complexity index is 1230. The molecule has 0 saturated carbocycles. The maximum Gasteiger partial charge on any atom is 0.305 e. The van der Waals surface area contributed by atoms with Crippen molar-refractivity contribution in [1.29, 1.82) is 0 Å². The maximum absolute atomic E-state index is 12.5. The molecular weight excluding hydrogens is 971 g/mol. The number of carbonyl (C=O) groups is 2. The number of allylic oxidation sites excluding steroid dienone is 3. The molecule has 3 N–H and O–H groups in total. The third-order valence-electron chi connectivity index (χ3n) is 17.0. The van der Waals surface area contributed by atoms with Gasteiger partial charge in [-0.05, 0) is 57.8 Å². The molecule has 0 rings (SSSR count). The molecular formula is C73H141NO5. The van der Waals surface area contributed by atoms with E-state index in [1.165, 1.54) is 334 Å². The Morgan fingerprint density at radius 1 is 0.342 bits per heavy atom. The number of carbonyl (C=O) groups excluding carboxylic acids is 2. The summed E-state index contributed by atoms with van der Waals surface area (Å²) in [4.78, 5) is 24.7. The Labute approximate surface area is 494 Å². The van der Waals surface area contributed by atoms with Gasteiger partial charge in [-0.15, -0.1) is 0 Å². The van der Waals surface area contributed by atoms with E-state index in [2.05, 4.69) is 31.3 Å². The number of ether oxygens (including phenoxy) is 1. The van der Waals surface area contributed by atoms with Crippen molar-refractivity contribution >= 4 is 11.9 Å². The number of amides is 1. The highest BCUT2D eigenvalue weighted by Crippen LogP contribution is 2.19. The lowest BCUT2D eigenvalue weighted by Gasteiger charge is -2.20. The van der Waals surface area contributed by atoms with Crippen molar-refractivity contribution in [2.24, 2.45) is 0 Å². The smallest absolute Gasteiger partial charge is 0.305 e. The average molecular weight is 1110 g/mol. The van der Waals surface area contributed by atoms with Gasteiger partial charge in [0.15, 0.2) is 0 Å². The molecule has 2 unspecified atom stereocenters. The third-order valence-corrected chi connectivity index (χ3v) is 17.0. The molecule has 0 aliphatic carbocycles. The fourth-order valence-corrected chi connectivity index (χ4v) is 11.5. The highest BCUT2D eigenvalue weighted by Gasteiger charge is 2.18. The zero-order valence-corrected chi connectivity index (χ0v) is 53.6. The van der Waals surface area contributed by atoms with Crippen molar-refractivity contribution in [3.63, 3.8) is 0 Å². The summed E-state index contributed by atoms with van der Waals surface area (Å²) in [6, 6.07) is -0.633. The van der Waals surface area contributed by atoms with E-state index >= 15 is 0 Å².